The van der Waals surface area contributed by atoms with Crippen LogP contribution in [-0.2, 0) is 14.3 Å². The molecule has 22 heavy (non-hydrogen) atoms. The van der Waals surface area contributed by atoms with E-state index in [4.69, 9.17) is 4.74 Å². The zero-order chi connectivity index (χ0) is 16.3. The Morgan fingerprint density at radius 1 is 1.36 bits per heavy atom. The number of imide groups is 1. The molecule has 0 unspecified atom stereocenters. The molecule has 0 aliphatic carbocycles. The van der Waals surface area contributed by atoms with E-state index in [1.165, 1.54) is 4.90 Å². The molecular formula is C14H23N3O4S. The highest BCUT2D eigenvalue weighted by molar-refractivity contribution is 8.14. The third kappa shape index (κ3) is 4.21. The molecule has 2 rings (SSSR count). The summed E-state index contributed by atoms with van der Waals surface area (Å²) < 4.78 is 5.66. The lowest BCUT2D eigenvalue weighted by atomic mass is 10.1. The highest BCUT2D eigenvalue weighted by Gasteiger charge is 2.31. The van der Waals surface area contributed by atoms with Crippen molar-refractivity contribution in [2.45, 2.75) is 39.0 Å². The molecule has 0 aromatic carbocycles. The average molecular weight is 329 g/mol. The second-order valence-electron chi connectivity index (χ2n) is 5.78. The summed E-state index contributed by atoms with van der Waals surface area (Å²) in [4.78, 5) is 38.4. The molecule has 2 heterocycles. The number of amides is 3. The second kappa shape index (κ2) is 7.43. The van der Waals surface area contributed by atoms with Crippen molar-refractivity contribution in [1.82, 2.24) is 15.1 Å². The normalized spacial score (nSPS) is 28.0. The van der Waals surface area contributed by atoms with Crippen molar-refractivity contribution < 1.29 is 19.1 Å². The summed E-state index contributed by atoms with van der Waals surface area (Å²) >= 11 is 1.00. The molecule has 2 aliphatic heterocycles. The number of nitrogens with one attached hydrogen (secondary N) is 1. The van der Waals surface area contributed by atoms with E-state index >= 15 is 0 Å². The summed E-state index contributed by atoms with van der Waals surface area (Å²) in [5.74, 6) is -0.0756. The third-order valence-corrected chi connectivity index (χ3v) is 4.71. The van der Waals surface area contributed by atoms with Crippen LogP contribution in [0.25, 0.3) is 0 Å². The van der Waals surface area contributed by atoms with Gasteiger partial charge in [-0.3, -0.25) is 24.2 Å². The van der Waals surface area contributed by atoms with E-state index in [0.29, 0.717) is 0 Å². The van der Waals surface area contributed by atoms with E-state index in [2.05, 4.69) is 10.2 Å². The van der Waals surface area contributed by atoms with E-state index in [9.17, 15) is 14.4 Å². The number of thioether (sulfide) groups is 1. The number of morpholine rings is 1. The fourth-order valence-corrected chi connectivity index (χ4v) is 3.49. The van der Waals surface area contributed by atoms with Crippen molar-refractivity contribution in [3.63, 3.8) is 0 Å². The lowest BCUT2D eigenvalue weighted by Gasteiger charge is -2.38. The van der Waals surface area contributed by atoms with Gasteiger partial charge in [-0.15, -0.1) is 0 Å². The molecule has 3 amide bonds. The van der Waals surface area contributed by atoms with E-state index in [-0.39, 0.29) is 54.1 Å². The molecule has 0 aromatic rings. The number of nitrogens with zero attached hydrogens (tertiary/aromatic N) is 2. The first-order chi connectivity index (χ1) is 10.4. The summed E-state index contributed by atoms with van der Waals surface area (Å²) in [5.41, 5.74) is 0. The zero-order valence-corrected chi connectivity index (χ0v) is 14.0. The van der Waals surface area contributed by atoms with Crippen molar-refractivity contribution in [3.05, 3.63) is 0 Å². The van der Waals surface area contributed by atoms with Crippen LogP contribution in [0, 0.1) is 0 Å². The molecule has 2 fully saturated rings. The summed E-state index contributed by atoms with van der Waals surface area (Å²) in [6.45, 7) is 7.82. The molecule has 2 aliphatic rings. The van der Waals surface area contributed by atoms with Gasteiger partial charge in [-0.2, -0.15) is 0 Å². The Bertz CT molecular complexity index is 433. The molecule has 0 radical (unpaired) electrons. The van der Waals surface area contributed by atoms with Crippen LogP contribution in [0.1, 0.15) is 20.8 Å². The summed E-state index contributed by atoms with van der Waals surface area (Å²) in [7, 11) is 0. The molecule has 3 atom stereocenters. The van der Waals surface area contributed by atoms with Gasteiger partial charge >= 0.3 is 0 Å². The second-order valence-corrected chi connectivity index (χ2v) is 6.70. The van der Waals surface area contributed by atoms with Crippen molar-refractivity contribution in [1.29, 1.82) is 0 Å². The SMILES string of the molecule is C[C@@H]1CN([C@@H](C)C(=O)NCCN2C(=O)CSC2=O)C[C@@H](C)O1. The maximum atomic E-state index is 12.2. The predicted octanol–water partition coefficient (Wildman–Crippen LogP) is 0.296. The van der Waals surface area contributed by atoms with Crippen LogP contribution >= 0.6 is 11.8 Å². The number of carbonyl (C=O) groups excluding carboxylic acids is 3. The van der Waals surface area contributed by atoms with E-state index in [1.54, 1.807) is 0 Å². The van der Waals surface area contributed by atoms with Gasteiger partial charge in [0.15, 0.2) is 0 Å². The van der Waals surface area contributed by atoms with Gasteiger partial charge in [0.25, 0.3) is 5.24 Å². The van der Waals surface area contributed by atoms with E-state index < -0.39 is 0 Å². The number of ether oxygens (including phenoxy) is 1. The molecule has 0 saturated carbocycles. The minimum Gasteiger partial charge on any atom is -0.373 e. The maximum absolute atomic E-state index is 12.2. The number of carbonyl (C=O) groups is 3. The van der Waals surface area contributed by atoms with Crippen LogP contribution in [0.5, 0.6) is 0 Å². The lowest BCUT2D eigenvalue weighted by Crippen LogP contribution is -2.54. The third-order valence-electron chi connectivity index (χ3n) is 3.85. The lowest BCUT2D eigenvalue weighted by molar-refractivity contribution is -0.132. The molecule has 0 spiro atoms. The van der Waals surface area contributed by atoms with E-state index in [1.807, 2.05) is 20.8 Å². The fraction of sp³-hybridized carbons (Fsp3) is 0.786. The minimum atomic E-state index is -0.256. The van der Waals surface area contributed by atoms with Crippen LogP contribution in [0.2, 0.25) is 0 Å². The van der Waals surface area contributed by atoms with Crippen LogP contribution in [0.15, 0.2) is 0 Å². The quantitative estimate of drug-likeness (QED) is 0.781. The summed E-state index contributed by atoms with van der Waals surface area (Å²) in [6.07, 6.45) is 0.215. The Balaban J connectivity index is 1.76. The standard InChI is InChI=1S/C14H23N3O4S/c1-9-6-16(7-10(2)21-9)11(3)13(19)15-4-5-17-12(18)8-22-14(17)20/h9-11H,4-8H2,1-3H3,(H,15,19)/t9-,10-,11+/m1/s1. The molecule has 0 bridgehead atoms. The highest BCUT2D eigenvalue weighted by atomic mass is 32.2. The molecule has 0 aromatic heterocycles. The van der Waals surface area contributed by atoms with Gasteiger partial charge < -0.3 is 10.1 Å². The first-order valence-corrected chi connectivity index (χ1v) is 8.51. The molecule has 1 N–H and O–H groups in total. The van der Waals surface area contributed by atoms with Gasteiger partial charge in [0.05, 0.1) is 24.0 Å². The monoisotopic (exact) mass is 329 g/mol. The summed E-state index contributed by atoms with van der Waals surface area (Å²) in [6, 6.07) is -0.256. The molecule has 124 valence electrons. The van der Waals surface area contributed by atoms with Crippen LogP contribution in [0.3, 0.4) is 0 Å². The number of hydrogen-bond donors (Lipinski definition) is 1. The maximum Gasteiger partial charge on any atom is 0.288 e. The predicted molar refractivity (Wildman–Crippen MR) is 83.6 cm³/mol. The minimum absolute atomic E-state index is 0.0898. The fourth-order valence-electron chi connectivity index (χ4n) is 2.74. The molecule has 7 nitrogen and oxygen atoms in total. The van der Waals surface area contributed by atoms with Crippen molar-refractivity contribution in [2.75, 3.05) is 31.9 Å². The Hall–Kier alpha value is -1.12. The summed E-state index contributed by atoms with van der Waals surface area (Å²) in [5, 5.41) is 2.57. The molecular weight excluding hydrogens is 306 g/mol. The molecule has 8 heteroatoms. The number of hydrogen-bond acceptors (Lipinski definition) is 6. The van der Waals surface area contributed by atoms with Gasteiger partial charge in [0.1, 0.15) is 0 Å². The van der Waals surface area contributed by atoms with Crippen LogP contribution in [-0.4, -0.2) is 77.0 Å². The van der Waals surface area contributed by atoms with Gasteiger partial charge in [-0.1, -0.05) is 11.8 Å². The van der Waals surface area contributed by atoms with Gasteiger partial charge in [0, 0.05) is 26.2 Å². The smallest absolute Gasteiger partial charge is 0.288 e. The molecule has 2 saturated heterocycles. The Labute approximate surface area is 134 Å². The highest BCUT2D eigenvalue weighted by Crippen LogP contribution is 2.18. The Morgan fingerprint density at radius 2 is 2.00 bits per heavy atom. The van der Waals surface area contributed by atoms with Crippen molar-refractivity contribution >= 4 is 28.8 Å². The van der Waals surface area contributed by atoms with Crippen molar-refractivity contribution in [3.8, 4) is 0 Å². The number of rotatable bonds is 5. The van der Waals surface area contributed by atoms with Gasteiger partial charge in [-0.25, -0.2) is 0 Å². The Morgan fingerprint density at radius 3 is 2.55 bits per heavy atom. The Kier molecular flexibility index (Phi) is 5.82. The van der Waals surface area contributed by atoms with Gasteiger partial charge in [-0.05, 0) is 20.8 Å². The average Bonchev–Trinajstić information content (AvgIpc) is 2.77. The van der Waals surface area contributed by atoms with E-state index in [0.717, 1.165) is 24.9 Å². The van der Waals surface area contributed by atoms with Gasteiger partial charge in [0.2, 0.25) is 11.8 Å². The van der Waals surface area contributed by atoms with Crippen LogP contribution < -0.4 is 5.32 Å². The first-order valence-electron chi connectivity index (χ1n) is 7.53. The van der Waals surface area contributed by atoms with Crippen LogP contribution in [0.4, 0.5) is 4.79 Å². The topological polar surface area (TPSA) is 79.0 Å². The first kappa shape index (κ1) is 17.2. The largest absolute Gasteiger partial charge is 0.373 e. The zero-order valence-electron chi connectivity index (χ0n) is 13.2. The van der Waals surface area contributed by atoms with Crippen molar-refractivity contribution in [2.24, 2.45) is 0 Å².